The number of ether oxygens (including phenoxy) is 2. The highest BCUT2D eigenvalue weighted by molar-refractivity contribution is 5.82. The number of methoxy groups -OCH3 is 1. The molecule has 0 saturated heterocycles. The number of esters is 1. The third-order valence-electron chi connectivity index (χ3n) is 1.78. The van der Waals surface area contributed by atoms with Crippen LogP contribution in [0.4, 0.5) is 5.69 Å². The Morgan fingerprint density at radius 2 is 2.29 bits per heavy atom. The summed E-state index contributed by atoms with van der Waals surface area (Å²) in [5.74, 6) is 0.0738. The maximum Gasteiger partial charge on any atom is 0.331 e. The molecule has 0 aliphatic rings. The van der Waals surface area contributed by atoms with E-state index >= 15 is 0 Å². The molecular weight excluding hydrogens is 220 g/mol. The minimum atomic E-state index is -0.423. The van der Waals surface area contributed by atoms with Crippen LogP contribution in [0.2, 0.25) is 0 Å². The second kappa shape index (κ2) is 6.52. The molecule has 0 aromatic carbocycles. The van der Waals surface area contributed by atoms with Gasteiger partial charge in [0, 0.05) is 18.5 Å². The number of aromatic nitrogens is 1. The number of pyridine rings is 1. The van der Waals surface area contributed by atoms with Crippen molar-refractivity contribution in [3.63, 3.8) is 0 Å². The summed E-state index contributed by atoms with van der Waals surface area (Å²) in [6.07, 6.45) is 4.45. The van der Waals surface area contributed by atoms with Gasteiger partial charge in [-0.2, -0.15) is 0 Å². The minimum Gasteiger partial charge on any atom is -0.473 e. The second-order valence-electron chi connectivity index (χ2n) is 3.52. The summed E-state index contributed by atoms with van der Waals surface area (Å²) in [5.41, 5.74) is 0.696. The molecule has 17 heavy (non-hydrogen) atoms. The molecule has 0 aliphatic heterocycles. The van der Waals surface area contributed by atoms with E-state index in [9.17, 15) is 4.79 Å². The Bertz CT molecular complexity index is 402. The molecule has 0 amide bonds. The van der Waals surface area contributed by atoms with E-state index in [1.54, 1.807) is 12.3 Å². The molecule has 1 aromatic rings. The van der Waals surface area contributed by atoms with Crippen molar-refractivity contribution < 1.29 is 14.3 Å². The molecule has 1 N–H and O–H groups in total. The predicted octanol–water partition coefficient (Wildman–Crippen LogP) is 1.97. The average Bonchev–Trinajstić information content (AvgIpc) is 2.30. The van der Waals surface area contributed by atoms with E-state index in [0.29, 0.717) is 11.6 Å². The van der Waals surface area contributed by atoms with Crippen molar-refractivity contribution in [3.8, 4) is 5.88 Å². The summed E-state index contributed by atoms with van der Waals surface area (Å²) in [4.78, 5) is 15.0. The van der Waals surface area contributed by atoms with E-state index in [2.05, 4.69) is 15.0 Å². The molecule has 92 valence electrons. The Labute approximate surface area is 100 Å². The monoisotopic (exact) mass is 236 g/mol. The molecule has 0 unspecified atom stereocenters. The fourth-order valence-corrected chi connectivity index (χ4v) is 1.09. The van der Waals surface area contributed by atoms with Crippen LogP contribution in [0.15, 0.2) is 30.6 Å². The maximum atomic E-state index is 10.9. The van der Waals surface area contributed by atoms with Gasteiger partial charge in [0.1, 0.15) is 5.69 Å². The summed E-state index contributed by atoms with van der Waals surface area (Å²) in [5, 5.41) is 2.91. The Morgan fingerprint density at radius 3 is 2.94 bits per heavy atom. The van der Waals surface area contributed by atoms with Gasteiger partial charge >= 0.3 is 5.97 Å². The first-order chi connectivity index (χ1) is 8.13. The van der Waals surface area contributed by atoms with E-state index in [-0.39, 0.29) is 6.10 Å². The average molecular weight is 236 g/mol. The zero-order valence-electron chi connectivity index (χ0n) is 10.1. The van der Waals surface area contributed by atoms with Crippen LogP contribution in [-0.4, -0.2) is 24.2 Å². The molecule has 0 radical (unpaired) electrons. The first kappa shape index (κ1) is 13.0. The lowest BCUT2D eigenvalue weighted by atomic mass is 10.4. The normalized spacial score (nSPS) is 10.6. The topological polar surface area (TPSA) is 60.5 Å². The van der Waals surface area contributed by atoms with Crippen LogP contribution in [0.3, 0.4) is 0 Å². The van der Waals surface area contributed by atoms with Crippen LogP contribution in [0.25, 0.3) is 0 Å². The maximum absolute atomic E-state index is 10.9. The van der Waals surface area contributed by atoms with Crippen LogP contribution in [0.5, 0.6) is 5.88 Å². The van der Waals surface area contributed by atoms with E-state index in [4.69, 9.17) is 4.74 Å². The zero-order chi connectivity index (χ0) is 12.7. The molecule has 0 aliphatic carbocycles. The molecule has 0 spiro atoms. The van der Waals surface area contributed by atoms with Crippen LogP contribution in [0, 0.1) is 0 Å². The Hall–Kier alpha value is -2.04. The van der Waals surface area contributed by atoms with Gasteiger partial charge in [-0.05, 0) is 26.0 Å². The van der Waals surface area contributed by atoms with Gasteiger partial charge in [0.05, 0.1) is 13.2 Å². The first-order valence-corrected chi connectivity index (χ1v) is 5.26. The third kappa shape index (κ3) is 4.55. The second-order valence-corrected chi connectivity index (χ2v) is 3.52. The lowest BCUT2D eigenvalue weighted by Gasteiger charge is -2.12. The molecule has 0 fully saturated rings. The van der Waals surface area contributed by atoms with E-state index < -0.39 is 5.97 Å². The number of nitrogens with one attached hydrogen (secondary N) is 1. The zero-order valence-corrected chi connectivity index (χ0v) is 10.1. The Kier molecular flexibility index (Phi) is 5.00. The van der Waals surface area contributed by atoms with Crippen LogP contribution < -0.4 is 10.1 Å². The molecular formula is C12H16N2O3. The van der Waals surface area contributed by atoms with E-state index in [0.717, 1.165) is 0 Å². The van der Waals surface area contributed by atoms with E-state index in [1.807, 2.05) is 19.9 Å². The van der Waals surface area contributed by atoms with Gasteiger partial charge in [-0.1, -0.05) is 0 Å². The molecule has 0 bridgehead atoms. The Balaban J connectivity index is 2.70. The number of carbonyl (C=O) groups excluding carboxylic acids is 1. The summed E-state index contributed by atoms with van der Waals surface area (Å²) in [6.45, 7) is 3.84. The summed E-state index contributed by atoms with van der Waals surface area (Å²) in [7, 11) is 1.32. The highest BCUT2D eigenvalue weighted by Crippen LogP contribution is 2.21. The summed E-state index contributed by atoms with van der Waals surface area (Å²) >= 11 is 0. The van der Waals surface area contributed by atoms with Gasteiger partial charge in [0.2, 0.25) is 5.88 Å². The molecule has 0 atom stereocenters. The molecule has 5 heteroatoms. The van der Waals surface area contributed by atoms with Crippen molar-refractivity contribution >= 4 is 11.7 Å². The minimum absolute atomic E-state index is 0.0371. The number of hydrogen-bond donors (Lipinski definition) is 1. The Morgan fingerprint density at radius 1 is 1.53 bits per heavy atom. The van der Waals surface area contributed by atoms with Crippen molar-refractivity contribution in [2.45, 2.75) is 20.0 Å². The third-order valence-corrected chi connectivity index (χ3v) is 1.78. The lowest BCUT2D eigenvalue weighted by Crippen LogP contribution is -2.08. The molecule has 1 heterocycles. The van der Waals surface area contributed by atoms with Crippen LogP contribution >= 0.6 is 0 Å². The van der Waals surface area contributed by atoms with Gasteiger partial charge < -0.3 is 14.8 Å². The van der Waals surface area contributed by atoms with Gasteiger partial charge in [0.15, 0.2) is 0 Å². The number of carbonyl (C=O) groups is 1. The number of rotatable bonds is 5. The van der Waals surface area contributed by atoms with Crippen LogP contribution in [0.1, 0.15) is 13.8 Å². The molecule has 1 aromatic heterocycles. The summed E-state index contributed by atoms with van der Waals surface area (Å²) < 4.78 is 9.98. The van der Waals surface area contributed by atoms with Gasteiger partial charge in [-0.25, -0.2) is 9.78 Å². The fraction of sp³-hybridized carbons (Fsp3) is 0.333. The number of hydrogen-bond acceptors (Lipinski definition) is 5. The van der Waals surface area contributed by atoms with Gasteiger partial charge in [-0.3, -0.25) is 0 Å². The van der Waals surface area contributed by atoms with Crippen LogP contribution in [-0.2, 0) is 9.53 Å². The van der Waals surface area contributed by atoms with Crippen molar-refractivity contribution in [2.75, 3.05) is 12.4 Å². The van der Waals surface area contributed by atoms with Gasteiger partial charge in [-0.15, -0.1) is 0 Å². The quantitative estimate of drug-likeness (QED) is 0.625. The van der Waals surface area contributed by atoms with Crippen molar-refractivity contribution in [1.29, 1.82) is 0 Å². The van der Waals surface area contributed by atoms with Crippen molar-refractivity contribution in [3.05, 3.63) is 30.6 Å². The van der Waals surface area contributed by atoms with E-state index in [1.165, 1.54) is 19.4 Å². The largest absolute Gasteiger partial charge is 0.473 e. The molecule has 0 saturated carbocycles. The molecule has 1 rings (SSSR count). The lowest BCUT2D eigenvalue weighted by molar-refractivity contribution is -0.134. The SMILES string of the molecule is COC(=O)/C=C/Nc1cccnc1OC(C)C. The van der Waals surface area contributed by atoms with Gasteiger partial charge in [0.25, 0.3) is 0 Å². The van der Waals surface area contributed by atoms with Crippen molar-refractivity contribution in [1.82, 2.24) is 4.98 Å². The first-order valence-electron chi connectivity index (χ1n) is 5.26. The fourth-order valence-electron chi connectivity index (χ4n) is 1.09. The highest BCUT2D eigenvalue weighted by atomic mass is 16.5. The molecule has 5 nitrogen and oxygen atoms in total. The van der Waals surface area contributed by atoms with Crippen molar-refractivity contribution in [2.24, 2.45) is 0 Å². The summed E-state index contributed by atoms with van der Waals surface area (Å²) in [6, 6.07) is 3.59. The number of anilines is 1. The predicted molar refractivity (Wildman–Crippen MR) is 64.8 cm³/mol. The number of nitrogens with zero attached hydrogens (tertiary/aromatic N) is 1. The highest BCUT2D eigenvalue weighted by Gasteiger charge is 2.04. The standard InChI is InChI=1S/C12H16N2O3/c1-9(2)17-12-10(5-4-7-14-12)13-8-6-11(15)16-3/h4-9,13H,1-3H3/b8-6+. The smallest absolute Gasteiger partial charge is 0.331 e.